The minimum atomic E-state index is -0.329. The van der Waals surface area contributed by atoms with Crippen LogP contribution in [0.3, 0.4) is 0 Å². The van der Waals surface area contributed by atoms with Gasteiger partial charge < -0.3 is 14.4 Å². The summed E-state index contributed by atoms with van der Waals surface area (Å²) in [5.41, 5.74) is 4.87. The fraction of sp³-hybridized carbons (Fsp3) is 0.214. The Morgan fingerprint density at radius 2 is 1.71 bits per heavy atom. The number of carbonyl (C=O) groups excluding carboxylic acids is 1. The number of halogens is 1. The Kier molecular flexibility index (Phi) is 6.47. The van der Waals surface area contributed by atoms with Gasteiger partial charge in [0.15, 0.2) is 0 Å². The number of nitrogens with zero attached hydrogens (tertiary/aromatic N) is 2. The molecule has 0 saturated carbocycles. The number of amides is 1. The van der Waals surface area contributed by atoms with Gasteiger partial charge >= 0.3 is 0 Å². The van der Waals surface area contributed by atoms with E-state index < -0.39 is 0 Å². The van der Waals surface area contributed by atoms with Crippen LogP contribution in [0, 0.1) is 0 Å². The third kappa shape index (κ3) is 4.37. The van der Waals surface area contributed by atoms with E-state index in [1.54, 1.807) is 7.11 Å². The van der Waals surface area contributed by atoms with E-state index >= 15 is 0 Å². The highest BCUT2D eigenvalue weighted by atomic mass is 35.5. The van der Waals surface area contributed by atoms with Crippen molar-refractivity contribution in [2.24, 2.45) is 0 Å². The van der Waals surface area contributed by atoms with E-state index in [1.165, 1.54) is 0 Å². The third-order valence-corrected chi connectivity index (χ3v) is 6.56. The zero-order valence-electron chi connectivity index (χ0n) is 19.6. The number of benzene rings is 3. The minimum absolute atomic E-state index is 0.108. The fourth-order valence-corrected chi connectivity index (χ4v) is 4.65. The van der Waals surface area contributed by atoms with E-state index in [0.717, 1.165) is 45.9 Å². The van der Waals surface area contributed by atoms with Gasteiger partial charge in [0.05, 0.1) is 25.5 Å². The van der Waals surface area contributed by atoms with E-state index in [1.807, 2.05) is 77.7 Å². The van der Waals surface area contributed by atoms with Crippen LogP contribution in [-0.2, 0) is 6.54 Å². The monoisotopic (exact) mass is 487 g/mol. The standard InChI is InChI=1S/C28H26ClN3O3/c1-3-16-35-22-14-10-19(11-15-22)27-24-25(18-8-12-21(34-2)13-9-18)30-31-26(24)28(33)32(27)17-20-6-4-5-7-23(20)29/h4-15,27H,3,16-17H2,1-2H3,(H,30,31). The van der Waals surface area contributed by atoms with Crippen molar-refractivity contribution < 1.29 is 14.3 Å². The van der Waals surface area contributed by atoms with Crippen LogP contribution in [0.2, 0.25) is 5.02 Å². The molecule has 35 heavy (non-hydrogen) atoms. The number of nitrogens with one attached hydrogen (secondary N) is 1. The molecule has 0 saturated heterocycles. The summed E-state index contributed by atoms with van der Waals surface area (Å²) in [4.78, 5) is 15.5. The van der Waals surface area contributed by atoms with E-state index in [-0.39, 0.29) is 11.9 Å². The molecule has 0 radical (unpaired) electrons. The predicted molar refractivity (Wildman–Crippen MR) is 136 cm³/mol. The van der Waals surface area contributed by atoms with Gasteiger partial charge in [0.1, 0.15) is 17.2 Å². The smallest absolute Gasteiger partial charge is 0.273 e. The number of aromatic nitrogens is 2. The molecule has 0 spiro atoms. The first-order chi connectivity index (χ1) is 17.1. The number of hydrogen-bond acceptors (Lipinski definition) is 4. The first-order valence-electron chi connectivity index (χ1n) is 11.6. The normalized spacial score (nSPS) is 14.8. The number of H-pyrrole nitrogens is 1. The lowest BCUT2D eigenvalue weighted by Crippen LogP contribution is -2.29. The first-order valence-corrected chi connectivity index (χ1v) is 12.0. The predicted octanol–water partition coefficient (Wildman–Crippen LogP) is 6.27. The van der Waals surface area contributed by atoms with Gasteiger partial charge in [0.2, 0.25) is 0 Å². The van der Waals surface area contributed by atoms with E-state index in [9.17, 15) is 4.79 Å². The number of methoxy groups -OCH3 is 1. The zero-order chi connectivity index (χ0) is 24.4. The summed E-state index contributed by atoms with van der Waals surface area (Å²) in [6, 6.07) is 22.9. The van der Waals surface area contributed by atoms with Crippen molar-refractivity contribution in [1.29, 1.82) is 0 Å². The fourth-order valence-electron chi connectivity index (χ4n) is 4.45. The largest absolute Gasteiger partial charge is 0.497 e. The Balaban J connectivity index is 1.59. The molecule has 1 aliphatic heterocycles. The van der Waals surface area contributed by atoms with Gasteiger partial charge in [-0.1, -0.05) is 48.9 Å². The molecule has 0 fully saturated rings. The Morgan fingerprint density at radius 3 is 2.40 bits per heavy atom. The van der Waals surface area contributed by atoms with Crippen molar-refractivity contribution in [2.45, 2.75) is 25.9 Å². The number of carbonyl (C=O) groups is 1. The molecule has 7 heteroatoms. The molecule has 1 atom stereocenters. The van der Waals surface area contributed by atoms with Crippen LogP contribution >= 0.6 is 11.6 Å². The summed E-state index contributed by atoms with van der Waals surface area (Å²) in [5.74, 6) is 1.46. The Bertz CT molecular complexity index is 1330. The molecular formula is C28H26ClN3O3. The van der Waals surface area contributed by atoms with Crippen molar-refractivity contribution in [3.05, 3.63) is 100 Å². The Hall–Kier alpha value is -3.77. The molecule has 6 nitrogen and oxygen atoms in total. The van der Waals surface area contributed by atoms with Crippen LogP contribution in [0.4, 0.5) is 0 Å². The van der Waals surface area contributed by atoms with E-state index in [2.05, 4.69) is 17.1 Å². The molecule has 1 N–H and O–H groups in total. The van der Waals surface area contributed by atoms with Crippen LogP contribution < -0.4 is 9.47 Å². The Labute approximate surface area is 209 Å². The summed E-state index contributed by atoms with van der Waals surface area (Å²) in [5, 5.41) is 8.18. The van der Waals surface area contributed by atoms with Crippen molar-refractivity contribution in [3.8, 4) is 22.8 Å². The molecule has 1 unspecified atom stereocenters. The highest BCUT2D eigenvalue weighted by Gasteiger charge is 2.42. The number of fused-ring (bicyclic) bond motifs is 1. The summed E-state index contributed by atoms with van der Waals surface area (Å²) in [7, 11) is 1.64. The van der Waals surface area contributed by atoms with Crippen LogP contribution in [0.5, 0.6) is 11.5 Å². The Morgan fingerprint density at radius 1 is 1.00 bits per heavy atom. The third-order valence-electron chi connectivity index (χ3n) is 6.19. The molecule has 1 aliphatic rings. The van der Waals surface area contributed by atoms with Crippen molar-refractivity contribution in [1.82, 2.24) is 15.1 Å². The second kappa shape index (κ2) is 9.84. The number of hydrogen-bond donors (Lipinski definition) is 1. The number of ether oxygens (including phenoxy) is 2. The van der Waals surface area contributed by atoms with Crippen LogP contribution in [0.25, 0.3) is 11.3 Å². The first kappa shape index (κ1) is 23.0. The molecule has 3 aromatic carbocycles. The molecule has 5 rings (SSSR count). The summed E-state index contributed by atoms with van der Waals surface area (Å²) >= 11 is 6.47. The summed E-state index contributed by atoms with van der Waals surface area (Å²) in [6.45, 7) is 3.11. The van der Waals surface area contributed by atoms with Gasteiger partial charge in [-0.05, 0) is 60.0 Å². The second-order valence-electron chi connectivity index (χ2n) is 8.43. The second-order valence-corrected chi connectivity index (χ2v) is 8.84. The maximum atomic E-state index is 13.6. The average molecular weight is 488 g/mol. The van der Waals surface area contributed by atoms with Gasteiger partial charge in [0, 0.05) is 22.7 Å². The molecule has 1 aromatic heterocycles. The number of aromatic amines is 1. The average Bonchev–Trinajstić information content (AvgIpc) is 3.43. The minimum Gasteiger partial charge on any atom is -0.497 e. The molecule has 4 aromatic rings. The van der Waals surface area contributed by atoms with Crippen molar-refractivity contribution in [2.75, 3.05) is 13.7 Å². The topological polar surface area (TPSA) is 67.5 Å². The van der Waals surface area contributed by atoms with Crippen LogP contribution in [0.1, 0.15) is 46.6 Å². The van der Waals surface area contributed by atoms with Gasteiger partial charge in [-0.2, -0.15) is 5.10 Å². The van der Waals surface area contributed by atoms with Gasteiger partial charge in [-0.3, -0.25) is 9.89 Å². The maximum absolute atomic E-state index is 13.6. The quantitative estimate of drug-likeness (QED) is 0.318. The SMILES string of the molecule is CCCOc1ccc(C2c3c(-c4ccc(OC)cc4)n[nH]c3C(=O)N2Cc2ccccc2Cl)cc1. The number of rotatable bonds is 8. The maximum Gasteiger partial charge on any atom is 0.273 e. The van der Waals surface area contributed by atoms with Crippen molar-refractivity contribution >= 4 is 17.5 Å². The lowest BCUT2D eigenvalue weighted by molar-refractivity contribution is 0.0730. The molecule has 1 amide bonds. The molecule has 0 aliphatic carbocycles. The zero-order valence-corrected chi connectivity index (χ0v) is 20.4. The van der Waals surface area contributed by atoms with Crippen molar-refractivity contribution in [3.63, 3.8) is 0 Å². The summed E-state index contributed by atoms with van der Waals surface area (Å²) in [6.07, 6.45) is 0.939. The van der Waals surface area contributed by atoms with E-state index in [4.69, 9.17) is 21.1 Å². The lowest BCUT2D eigenvalue weighted by Gasteiger charge is -2.27. The highest BCUT2D eigenvalue weighted by molar-refractivity contribution is 6.31. The van der Waals surface area contributed by atoms with Crippen LogP contribution in [0.15, 0.2) is 72.8 Å². The highest BCUT2D eigenvalue weighted by Crippen LogP contribution is 2.44. The summed E-state index contributed by atoms with van der Waals surface area (Å²) < 4.78 is 11.1. The molecular weight excluding hydrogens is 462 g/mol. The van der Waals surface area contributed by atoms with Gasteiger partial charge in [-0.25, -0.2) is 0 Å². The molecule has 178 valence electrons. The van der Waals surface area contributed by atoms with Gasteiger partial charge in [0.25, 0.3) is 5.91 Å². The molecule has 0 bridgehead atoms. The van der Waals surface area contributed by atoms with Gasteiger partial charge in [-0.15, -0.1) is 0 Å². The van der Waals surface area contributed by atoms with Crippen LogP contribution in [-0.4, -0.2) is 34.7 Å². The van der Waals surface area contributed by atoms with E-state index in [0.29, 0.717) is 23.9 Å². The lowest BCUT2D eigenvalue weighted by atomic mass is 9.95. The molecule has 2 heterocycles.